The molecule has 1 fully saturated rings. The molecule has 0 spiro atoms. The van der Waals surface area contributed by atoms with E-state index >= 15 is 0 Å². The number of piperazine rings is 1. The van der Waals surface area contributed by atoms with E-state index in [2.05, 4.69) is 41.0 Å². The van der Waals surface area contributed by atoms with Crippen LogP contribution in [-0.2, 0) is 0 Å². The average molecular weight is 322 g/mol. The number of carbonyl (C=O) groups is 1. The van der Waals surface area contributed by atoms with Gasteiger partial charge in [-0.05, 0) is 35.9 Å². The molecule has 1 aliphatic heterocycles. The summed E-state index contributed by atoms with van der Waals surface area (Å²) >= 11 is 0. The van der Waals surface area contributed by atoms with Crippen molar-refractivity contribution < 1.29 is 4.79 Å². The summed E-state index contributed by atoms with van der Waals surface area (Å²) in [5, 5.41) is 0. The Labute approximate surface area is 144 Å². The molecule has 3 rings (SSSR count). The van der Waals surface area contributed by atoms with Crippen molar-refractivity contribution in [3.05, 3.63) is 54.1 Å². The molecular formula is C21H26N2O. The first kappa shape index (κ1) is 16.7. The van der Waals surface area contributed by atoms with Crippen molar-refractivity contribution in [3.8, 4) is 11.1 Å². The van der Waals surface area contributed by atoms with Crippen LogP contribution in [0.3, 0.4) is 0 Å². The lowest BCUT2D eigenvalue weighted by Gasteiger charge is -2.36. The number of nitrogens with zero attached hydrogens (tertiary/aromatic N) is 2. The highest BCUT2D eigenvalue weighted by Crippen LogP contribution is 2.28. The molecule has 0 atom stereocenters. The summed E-state index contributed by atoms with van der Waals surface area (Å²) in [4.78, 5) is 17.2. The molecule has 0 bridgehead atoms. The van der Waals surface area contributed by atoms with Crippen molar-refractivity contribution in [3.63, 3.8) is 0 Å². The highest BCUT2D eigenvalue weighted by molar-refractivity contribution is 5.98. The zero-order valence-electron chi connectivity index (χ0n) is 14.7. The van der Waals surface area contributed by atoms with Gasteiger partial charge in [0.1, 0.15) is 0 Å². The zero-order chi connectivity index (χ0) is 16.9. The van der Waals surface area contributed by atoms with Crippen LogP contribution in [0.15, 0.2) is 48.5 Å². The predicted octanol–water partition coefficient (Wildman–Crippen LogP) is 4.09. The molecule has 24 heavy (non-hydrogen) atoms. The van der Waals surface area contributed by atoms with Crippen molar-refractivity contribution in [1.82, 2.24) is 4.90 Å². The normalized spacial score (nSPS) is 15.5. The maximum absolute atomic E-state index is 12.3. The fourth-order valence-electron chi connectivity index (χ4n) is 3.28. The fraction of sp³-hybridized carbons (Fsp3) is 0.381. The molecule has 2 aromatic carbocycles. The molecule has 126 valence electrons. The molecule has 0 amide bonds. The van der Waals surface area contributed by atoms with Crippen LogP contribution in [0.1, 0.15) is 30.6 Å². The monoisotopic (exact) mass is 322 g/mol. The quantitative estimate of drug-likeness (QED) is 0.775. The van der Waals surface area contributed by atoms with Gasteiger partial charge in [0.15, 0.2) is 5.78 Å². The number of hydrogen-bond donors (Lipinski definition) is 0. The van der Waals surface area contributed by atoms with Crippen LogP contribution < -0.4 is 4.90 Å². The molecule has 0 radical (unpaired) electrons. The maximum Gasteiger partial charge on any atom is 0.162 e. The second-order valence-corrected chi connectivity index (χ2v) is 6.33. The van der Waals surface area contributed by atoms with E-state index < -0.39 is 0 Å². The third-order valence-corrected chi connectivity index (χ3v) is 4.85. The Balaban J connectivity index is 1.95. The Hall–Kier alpha value is -2.13. The average Bonchev–Trinajstić information content (AvgIpc) is 2.67. The molecule has 1 aliphatic rings. The molecule has 2 aromatic rings. The van der Waals surface area contributed by atoms with Gasteiger partial charge in [-0.25, -0.2) is 0 Å². The van der Waals surface area contributed by atoms with Gasteiger partial charge >= 0.3 is 0 Å². The van der Waals surface area contributed by atoms with Crippen molar-refractivity contribution in [2.24, 2.45) is 0 Å². The van der Waals surface area contributed by atoms with Gasteiger partial charge in [-0.3, -0.25) is 4.79 Å². The minimum Gasteiger partial charge on any atom is -0.369 e. The molecule has 3 nitrogen and oxygen atoms in total. The number of anilines is 1. The second kappa shape index (κ2) is 7.63. The van der Waals surface area contributed by atoms with Gasteiger partial charge in [-0.1, -0.05) is 44.2 Å². The summed E-state index contributed by atoms with van der Waals surface area (Å²) in [6.45, 7) is 9.46. The van der Waals surface area contributed by atoms with Crippen LogP contribution in [0.2, 0.25) is 0 Å². The first-order valence-electron chi connectivity index (χ1n) is 8.92. The standard InChI is InChI=1S/C21H26N2O/c1-3-21(24)19-14-18(17-8-6-5-7-9-17)15-20(16-19)23-12-10-22(4-2)11-13-23/h5-9,14-16H,3-4,10-13H2,1-2H3. The predicted molar refractivity (Wildman–Crippen MR) is 101 cm³/mol. The van der Waals surface area contributed by atoms with Gasteiger partial charge < -0.3 is 9.80 Å². The number of likely N-dealkylation sites (N-methyl/N-ethyl adjacent to an activating group) is 1. The van der Waals surface area contributed by atoms with Crippen LogP contribution in [0.4, 0.5) is 5.69 Å². The Morgan fingerprint density at radius 2 is 1.62 bits per heavy atom. The van der Waals surface area contributed by atoms with Crippen molar-refractivity contribution >= 4 is 11.5 Å². The Kier molecular flexibility index (Phi) is 5.31. The molecule has 3 heteroatoms. The summed E-state index contributed by atoms with van der Waals surface area (Å²) in [6.07, 6.45) is 0.543. The minimum absolute atomic E-state index is 0.209. The van der Waals surface area contributed by atoms with Crippen LogP contribution in [0.5, 0.6) is 0 Å². The smallest absolute Gasteiger partial charge is 0.162 e. The van der Waals surface area contributed by atoms with Gasteiger partial charge in [0.2, 0.25) is 0 Å². The third-order valence-electron chi connectivity index (χ3n) is 4.85. The summed E-state index contributed by atoms with van der Waals surface area (Å²) in [6, 6.07) is 16.7. The second-order valence-electron chi connectivity index (χ2n) is 6.33. The van der Waals surface area contributed by atoms with Gasteiger partial charge in [0.05, 0.1) is 0 Å². The number of benzene rings is 2. The number of carbonyl (C=O) groups excluding carboxylic acids is 1. The lowest BCUT2D eigenvalue weighted by molar-refractivity contribution is 0.0988. The first-order valence-corrected chi connectivity index (χ1v) is 8.92. The van der Waals surface area contributed by atoms with E-state index in [4.69, 9.17) is 0 Å². The van der Waals surface area contributed by atoms with Crippen molar-refractivity contribution in [1.29, 1.82) is 0 Å². The van der Waals surface area contributed by atoms with Crippen LogP contribution in [0, 0.1) is 0 Å². The van der Waals surface area contributed by atoms with E-state index in [0.29, 0.717) is 6.42 Å². The molecule has 1 heterocycles. The molecular weight excluding hydrogens is 296 g/mol. The summed E-state index contributed by atoms with van der Waals surface area (Å²) in [5.41, 5.74) is 4.29. The van der Waals surface area contributed by atoms with Crippen LogP contribution in [0.25, 0.3) is 11.1 Å². The van der Waals surface area contributed by atoms with Crippen molar-refractivity contribution in [2.75, 3.05) is 37.6 Å². The van der Waals surface area contributed by atoms with E-state index in [9.17, 15) is 4.79 Å². The summed E-state index contributed by atoms with van der Waals surface area (Å²) in [5.74, 6) is 0.209. The molecule has 0 unspecified atom stereocenters. The lowest BCUT2D eigenvalue weighted by Crippen LogP contribution is -2.46. The number of rotatable bonds is 5. The SMILES string of the molecule is CCC(=O)c1cc(-c2ccccc2)cc(N2CCN(CC)CC2)c1. The largest absolute Gasteiger partial charge is 0.369 e. The van der Waals surface area contributed by atoms with E-state index in [1.807, 2.05) is 31.2 Å². The van der Waals surface area contributed by atoms with E-state index in [1.165, 1.54) is 5.69 Å². The summed E-state index contributed by atoms with van der Waals surface area (Å²) < 4.78 is 0. The summed E-state index contributed by atoms with van der Waals surface area (Å²) in [7, 11) is 0. The molecule has 1 saturated heterocycles. The highest BCUT2D eigenvalue weighted by atomic mass is 16.1. The fourth-order valence-corrected chi connectivity index (χ4v) is 3.28. The van der Waals surface area contributed by atoms with E-state index in [-0.39, 0.29) is 5.78 Å². The third kappa shape index (κ3) is 3.68. The van der Waals surface area contributed by atoms with Gasteiger partial charge in [0, 0.05) is 43.9 Å². The van der Waals surface area contributed by atoms with Crippen molar-refractivity contribution in [2.45, 2.75) is 20.3 Å². The highest BCUT2D eigenvalue weighted by Gasteiger charge is 2.18. The molecule has 0 N–H and O–H groups in total. The lowest BCUT2D eigenvalue weighted by atomic mass is 9.98. The Morgan fingerprint density at radius 3 is 2.25 bits per heavy atom. The van der Waals surface area contributed by atoms with Crippen LogP contribution in [-0.4, -0.2) is 43.4 Å². The molecule has 0 aliphatic carbocycles. The van der Waals surface area contributed by atoms with Gasteiger partial charge in [-0.2, -0.15) is 0 Å². The topological polar surface area (TPSA) is 23.6 Å². The zero-order valence-corrected chi connectivity index (χ0v) is 14.7. The molecule has 0 saturated carbocycles. The Morgan fingerprint density at radius 1 is 0.917 bits per heavy atom. The van der Waals surface area contributed by atoms with Gasteiger partial charge in [0.25, 0.3) is 0 Å². The number of ketones is 1. The maximum atomic E-state index is 12.3. The van der Waals surface area contributed by atoms with E-state index in [0.717, 1.165) is 49.4 Å². The minimum atomic E-state index is 0.209. The van der Waals surface area contributed by atoms with Gasteiger partial charge in [-0.15, -0.1) is 0 Å². The van der Waals surface area contributed by atoms with E-state index in [1.54, 1.807) is 0 Å². The number of hydrogen-bond acceptors (Lipinski definition) is 3. The number of Topliss-reactive ketones (excluding diaryl/α,β-unsaturated/α-hetero) is 1. The van der Waals surface area contributed by atoms with Crippen LogP contribution >= 0.6 is 0 Å². The Bertz CT molecular complexity index is 688. The first-order chi connectivity index (χ1) is 11.7. The molecule has 0 aromatic heterocycles.